The number of unbranched alkanes of at least 4 members (excludes halogenated alkanes) is 1. The molecule has 1 rings (SSSR count). The first-order chi connectivity index (χ1) is 9.29. The lowest BCUT2D eigenvalue weighted by Gasteiger charge is -2.06. The summed E-state index contributed by atoms with van der Waals surface area (Å²) in [5.74, 6) is 6.62. The number of thioether (sulfide) groups is 1. The second kappa shape index (κ2) is 9.42. The molecule has 4 nitrogen and oxygen atoms in total. The van der Waals surface area contributed by atoms with Gasteiger partial charge in [0, 0.05) is 18.9 Å². The van der Waals surface area contributed by atoms with Crippen molar-refractivity contribution in [2.45, 2.75) is 12.8 Å². The van der Waals surface area contributed by atoms with Crippen LogP contribution in [0.1, 0.15) is 28.8 Å². The Kier molecular flexibility index (Phi) is 7.71. The first-order valence-electron chi connectivity index (χ1n) is 6.19. The summed E-state index contributed by atoms with van der Waals surface area (Å²) in [6.07, 6.45) is 7.36. The molecule has 0 atom stereocenters. The predicted molar refractivity (Wildman–Crippen MR) is 80.1 cm³/mol. The number of carbonyl (C=O) groups is 1. The molecular weight excluding hydrogens is 258 g/mol. The zero-order chi connectivity index (χ0) is 13.9. The number of hydrogen-bond donors (Lipinski definition) is 2. The molecule has 0 bridgehead atoms. The van der Waals surface area contributed by atoms with Crippen molar-refractivity contribution >= 4 is 17.7 Å². The van der Waals surface area contributed by atoms with Crippen LogP contribution in [0, 0.1) is 11.8 Å². The maximum atomic E-state index is 12.0. The molecule has 19 heavy (non-hydrogen) atoms. The molecule has 0 aromatic carbocycles. The van der Waals surface area contributed by atoms with Gasteiger partial charge < -0.3 is 11.1 Å². The number of hydrogen-bond acceptors (Lipinski definition) is 4. The quantitative estimate of drug-likeness (QED) is 0.607. The van der Waals surface area contributed by atoms with Gasteiger partial charge in [0.1, 0.15) is 0 Å². The number of amides is 1. The molecule has 3 N–H and O–H groups in total. The smallest absolute Gasteiger partial charge is 0.252 e. The van der Waals surface area contributed by atoms with Crippen LogP contribution >= 0.6 is 11.8 Å². The lowest BCUT2D eigenvalue weighted by atomic mass is 10.1. The van der Waals surface area contributed by atoms with E-state index in [4.69, 9.17) is 5.73 Å². The van der Waals surface area contributed by atoms with Gasteiger partial charge in [-0.15, -0.1) is 0 Å². The van der Waals surface area contributed by atoms with Crippen molar-refractivity contribution in [3.8, 4) is 11.8 Å². The molecule has 0 saturated heterocycles. The van der Waals surface area contributed by atoms with Gasteiger partial charge >= 0.3 is 0 Å². The molecular formula is C14H19N3OS. The highest BCUT2D eigenvalue weighted by Gasteiger charge is 2.08. The summed E-state index contributed by atoms with van der Waals surface area (Å²) in [4.78, 5) is 16.0. The molecule has 0 fully saturated rings. The number of aromatic nitrogens is 1. The van der Waals surface area contributed by atoms with Gasteiger partial charge in [0.05, 0.1) is 17.7 Å². The van der Waals surface area contributed by atoms with E-state index in [1.165, 1.54) is 0 Å². The maximum Gasteiger partial charge on any atom is 0.252 e. The minimum absolute atomic E-state index is 0.104. The molecule has 0 aliphatic heterocycles. The summed E-state index contributed by atoms with van der Waals surface area (Å²) in [6, 6.07) is 1.68. The Morgan fingerprint density at radius 1 is 1.53 bits per heavy atom. The third kappa shape index (κ3) is 5.77. The van der Waals surface area contributed by atoms with Gasteiger partial charge in [-0.1, -0.05) is 11.8 Å². The van der Waals surface area contributed by atoms with Crippen LogP contribution in [0.5, 0.6) is 0 Å². The van der Waals surface area contributed by atoms with Crippen LogP contribution in [0.25, 0.3) is 0 Å². The largest absolute Gasteiger partial charge is 0.352 e. The number of nitrogens with zero attached hydrogens (tertiary/aromatic N) is 1. The average molecular weight is 277 g/mol. The zero-order valence-electron chi connectivity index (χ0n) is 11.1. The van der Waals surface area contributed by atoms with Crippen LogP contribution in [0.2, 0.25) is 0 Å². The Bertz CT molecular complexity index is 465. The number of carbonyl (C=O) groups excluding carboxylic acids is 1. The lowest BCUT2D eigenvalue weighted by Crippen LogP contribution is -2.25. The van der Waals surface area contributed by atoms with E-state index in [0.717, 1.165) is 18.6 Å². The number of nitrogens with two attached hydrogens (primary N) is 1. The van der Waals surface area contributed by atoms with Crippen molar-refractivity contribution in [1.82, 2.24) is 10.3 Å². The molecule has 1 amide bonds. The Balaban J connectivity index is 2.56. The summed E-state index contributed by atoms with van der Waals surface area (Å²) < 4.78 is 0. The molecule has 1 aromatic heterocycles. The van der Waals surface area contributed by atoms with Crippen molar-refractivity contribution < 1.29 is 4.79 Å². The van der Waals surface area contributed by atoms with Crippen LogP contribution in [0.15, 0.2) is 18.5 Å². The number of rotatable bonds is 6. The number of pyridine rings is 1. The fraction of sp³-hybridized carbons (Fsp3) is 0.429. The fourth-order valence-electron chi connectivity index (χ4n) is 1.51. The van der Waals surface area contributed by atoms with Crippen molar-refractivity contribution in [3.05, 3.63) is 29.6 Å². The van der Waals surface area contributed by atoms with Crippen molar-refractivity contribution in [2.24, 2.45) is 5.73 Å². The standard InChI is InChI=1S/C14H19N3OS/c1-19-10-3-2-8-17-14(18)13-6-9-16-11-12(13)5-4-7-15/h6,9,11H,2-3,7-8,10,15H2,1H3,(H,17,18). The van der Waals surface area contributed by atoms with E-state index in [9.17, 15) is 4.79 Å². The molecule has 1 aromatic rings. The van der Waals surface area contributed by atoms with E-state index in [-0.39, 0.29) is 12.5 Å². The van der Waals surface area contributed by atoms with E-state index in [1.54, 1.807) is 18.5 Å². The summed E-state index contributed by atoms with van der Waals surface area (Å²) in [7, 11) is 0. The fourth-order valence-corrected chi connectivity index (χ4v) is 2.00. The highest BCUT2D eigenvalue weighted by Crippen LogP contribution is 2.05. The molecule has 0 radical (unpaired) electrons. The molecule has 0 spiro atoms. The third-order valence-electron chi connectivity index (χ3n) is 2.45. The van der Waals surface area contributed by atoms with Crippen LogP contribution in [0.4, 0.5) is 0 Å². The summed E-state index contributed by atoms with van der Waals surface area (Å²) in [5.41, 5.74) is 6.51. The van der Waals surface area contributed by atoms with E-state index in [1.807, 2.05) is 11.8 Å². The van der Waals surface area contributed by atoms with Gasteiger partial charge in [-0.05, 0) is 30.9 Å². The zero-order valence-corrected chi connectivity index (χ0v) is 11.9. The monoisotopic (exact) mass is 277 g/mol. The van der Waals surface area contributed by atoms with Crippen LogP contribution in [-0.4, -0.2) is 36.0 Å². The van der Waals surface area contributed by atoms with Gasteiger partial charge in [0.25, 0.3) is 5.91 Å². The summed E-state index contributed by atoms with van der Waals surface area (Å²) in [6.45, 7) is 0.954. The first-order valence-corrected chi connectivity index (χ1v) is 7.59. The van der Waals surface area contributed by atoms with E-state index in [0.29, 0.717) is 17.7 Å². The highest BCUT2D eigenvalue weighted by atomic mass is 32.2. The first kappa shape index (κ1) is 15.5. The number of nitrogens with one attached hydrogen (secondary N) is 1. The molecule has 102 valence electrons. The van der Waals surface area contributed by atoms with Gasteiger partial charge in [-0.25, -0.2) is 0 Å². The second-order valence-corrected chi connectivity index (χ2v) is 4.87. The lowest BCUT2D eigenvalue weighted by molar-refractivity contribution is 0.0953. The molecule has 1 heterocycles. The average Bonchev–Trinajstić information content (AvgIpc) is 2.45. The van der Waals surface area contributed by atoms with Gasteiger partial charge in [-0.2, -0.15) is 11.8 Å². The summed E-state index contributed by atoms with van der Waals surface area (Å²) in [5, 5.41) is 2.90. The van der Waals surface area contributed by atoms with Crippen LogP contribution in [-0.2, 0) is 0 Å². The Labute approximate surface area is 118 Å². The highest BCUT2D eigenvalue weighted by molar-refractivity contribution is 7.98. The Morgan fingerprint density at radius 2 is 2.37 bits per heavy atom. The van der Waals surface area contributed by atoms with E-state index >= 15 is 0 Å². The van der Waals surface area contributed by atoms with Gasteiger partial charge in [-0.3, -0.25) is 9.78 Å². The minimum atomic E-state index is -0.104. The van der Waals surface area contributed by atoms with Crippen LogP contribution in [0.3, 0.4) is 0 Å². The molecule has 0 unspecified atom stereocenters. The predicted octanol–water partition coefficient (Wildman–Crippen LogP) is 1.26. The SMILES string of the molecule is CSCCCCNC(=O)c1ccncc1C#CCN. The second-order valence-electron chi connectivity index (χ2n) is 3.88. The van der Waals surface area contributed by atoms with E-state index in [2.05, 4.69) is 28.4 Å². The normalized spacial score (nSPS) is 9.58. The van der Waals surface area contributed by atoms with Crippen molar-refractivity contribution in [1.29, 1.82) is 0 Å². The topological polar surface area (TPSA) is 68.0 Å². The molecule has 0 aliphatic carbocycles. The third-order valence-corrected chi connectivity index (χ3v) is 3.15. The molecule has 0 aliphatic rings. The van der Waals surface area contributed by atoms with Gasteiger partial charge in [0.2, 0.25) is 0 Å². The minimum Gasteiger partial charge on any atom is -0.352 e. The Hall–Kier alpha value is -1.51. The van der Waals surface area contributed by atoms with Crippen LogP contribution < -0.4 is 11.1 Å². The van der Waals surface area contributed by atoms with Crippen molar-refractivity contribution in [2.75, 3.05) is 25.1 Å². The van der Waals surface area contributed by atoms with Crippen molar-refractivity contribution in [3.63, 3.8) is 0 Å². The molecule has 0 saturated carbocycles. The Morgan fingerprint density at radius 3 is 3.11 bits per heavy atom. The van der Waals surface area contributed by atoms with E-state index < -0.39 is 0 Å². The van der Waals surface area contributed by atoms with Gasteiger partial charge in [0.15, 0.2) is 0 Å². The maximum absolute atomic E-state index is 12.0. The molecule has 5 heteroatoms. The summed E-state index contributed by atoms with van der Waals surface area (Å²) >= 11 is 1.82.